The molecule has 0 aromatic carbocycles. The smallest absolute Gasteiger partial charge is 0.410 e. The molecule has 1 saturated heterocycles. The quantitative estimate of drug-likeness (QED) is 0.780. The third kappa shape index (κ3) is 5.10. The number of hydrogen-bond acceptors (Lipinski definition) is 5. The summed E-state index contributed by atoms with van der Waals surface area (Å²) in [6.45, 7) is 7.48. The number of amides is 1. The number of carbonyl (C=O) groups is 2. The monoisotopic (exact) mass is 325 g/mol. The van der Waals surface area contributed by atoms with Crippen LogP contribution in [0.5, 0.6) is 0 Å². The molecule has 0 spiro atoms. The van der Waals surface area contributed by atoms with E-state index in [1.165, 1.54) is 11.3 Å². The maximum Gasteiger partial charge on any atom is 0.410 e. The van der Waals surface area contributed by atoms with E-state index in [-0.39, 0.29) is 24.4 Å². The minimum atomic E-state index is -0.473. The minimum Gasteiger partial charge on any atom is -0.444 e. The van der Waals surface area contributed by atoms with Crippen molar-refractivity contribution < 1.29 is 19.1 Å². The summed E-state index contributed by atoms with van der Waals surface area (Å²) in [6.07, 6.45) is 0.608. The molecule has 1 atom stereocenters. The second-order valence-electron chi connectivity index (χ2n) is 6.50. The summed E-state index contributed by atoms with van der Waals surface area (Å²) in [6, 6.07) is 3.66. The summed E-state index contributed by atoms with van der Waals surface area (Å²) in [5.41, 5.74) is -0.473. The Kier molecular flexibility index (Phi) is 5.58. The summed E-state index contributed by atoms with van der Waals surface area (Å²) < 4.78 is 10.9. The Bertz CT molecular complexity index is 507. The highest BCUT2D eigenvalue weighted by atomic mass is 32.1. The van der Waals surface area contributed by atoms with Crippen LogP contribution < -0.4 is 0 Å². The van der Waals surface area contributed by atoms with E-state index in [9.17, 15) is 9.59 Å². The summed E-state index contributed by atoms with van der Waals surface area (Å²) in [5.74, 6) is 0.278. The van der Waals surface area contributed by atoms with Gasteiger partial charge in [-0.2, -0.15) is 0 Å². The number of ketones is 1. The SMILES string of the molecule is CC(C)(C)OC(=O)N1CCC(COCC(=O)c2cccs2)C1. The predicted molar refractivity (Wildman–Crippen MR) is 85.4 cm³/mol. The van der Waals surface area contributed by atoms with E-state index < -0.39 is 5.60 Å². The van der Waals surface area contributed by atoms with Gasteiger partial charge in [0.2, 0.25) is 0 Å². The number of hydrogen-bond donors (Lipinski definition) is 0. The van der Waals surface area contributed by atoms with Gasteiger partial charge in [-0.3, -0.25) is 4.79 Å². The number of thiophene rings is 1. The molecular weight excluding hydrogens is 302 g/mol. The van der Waals surface area contributed by atoms with E-state index in [1.54, 1.807) is 11.0 Å². The fraction of sp³-hybridized carbons (Fsp3) is 0.625. The Labute approximate surface area is 135 Å². The summed E-state index contributed by atoms with van der Waals surface area (Å²) in [5, 5.41) is 1.88. The van der Waals surface area contributed by atoms with Gasteiger partial charge in [-0.25, -0.2) is 4.79 Å². The van der Waals surface area contributed by atoms with Crippen molar-refractivity contribution in [2.75, 3.05) is 26.3 Å². The number of rotatable bonds is 5. The van der Waals surface area contributed by atoms with E-state index in [0.29, 0.717) is 19.7 Å². The van der Waals surface area contributed by atoms with Crippen molar-refractivity contribution >= 4 is 23.2 Å². The van der Waals surface area contributed by atoms with Gasteiger partial charge in [0.05, 0.1) is 11.5 Å². The van der Waals surface area contributed by atoms with Crippen LogP contribution in [0.4, 0.5) is 4.79 Å². The highest BCUT2D eigenvalue weighted by Crippen LogP contribution is 2.20. The van der Waals surface area contributed by atoms with Crippen molar-refractivity contribution in [3.8, 4) is 0 Å². The van der Waals surface area contributed by atoms with Crippen LogP contribution in [-0.2, 0) is 9.47 Å². The molecule has 1 fully saturated rings. The Morgan fingerprint density at radius 1 is 1.41 bits per heavy atom. The lowest BCUT2D eigenvalue weighted by Crippen LogP contribution is -2.35. The molecule has 22 heavy (non-hydrogen) atoms. The van der Waals surface area contributed by atoms with Gasteiger partial charge in [-0.05, 0) is 38.6 Å². The molecular formula is C16H23NO4S. The average Bonchev–Trinajstić information content (AvgIpc) is 3.08. The fourth-order valence-electron chi connectivity index (χ4n) is 2.29. The molecule has 0 aliphatic carbocycles. The van der Waals surface area contributed by atoms with Gasteiger partial charge in [0.25, 0.3) is 0 Å². The largest absolute Gasteiger partial charge is 0.444 e. The van der Waals surface area contributed by atoms with Gasteiger partial charge in [-0.1, -0.05) is 6.07 Å². The molecule has 122 valence electrons. The van der Waals surface area contributed by atoms with Crippen molar-refractivity contribution in [2.24, 2.45) is 5.92 Å². The maximum absolute atomic E-state index is 12.0. The normalized spacial score (nSPS) is 18.5. The lowest BCUT2D eigenvalue weighted by atomic mass is 10.1. The molecule has 0 N–H and O–H groups in total. The molecule has 1 unspecified atom stereocenters. The molecule has 0 bridgehead atoms. The molecule has 2 heterocycles. The van der Waals surface area contributed by atoms with Crippen LogP contribution in [0, 0.1) is 5.92 Å². The van der Waals surface area contributed by atoms with E-state index in [2.05, 4.69) is 0 Å². The molecule has 0 saturated carbocycles. The van der Waals surface area contributed by atoms with E-state index in [1.807, 2.05) is 32.2 Å². The summed E-state index contributed by atoms with van der Waals surface area (Å²) >= 11 is 1.42. The van der Waals surface area contributed by atoms with Gasteiger partial charge in [0.1, 0.15) is 12.2 Å². The Hall–Kier alpha value is -1.40. The zero-order valence-corrected chi connectivity index (χ0v) is 14.1. The zero-order valence-electron chi connectivity index (χ0n) is 13.3. The van der Waals surface area contributed by atoms with Crippen LogP contribution in [-0.4, -0.2) is 48.7 Å². The minimum absolute atomic E-state index is 0.0111. The fourth-order valence-corrected chi connectivity index (χ4v) is 2.94. The Morgan fingerprint density at radius 3 is 2.82 bits per heavy atom. The van der Waals surface area contributed by atoms with Crippen molar-refractivity contribution in [3.63, 3.8) is 0 Å². The van der Waals surface area contributed by atoms with Gasteiger partial charge in [0, 0.05) is 19.0 Å². The highest BCUT2D eigenvalue weighted by Gasteiger charge is 2.29. The standard InChI is InChI=1S/C16H23NO4S/c1-16(2,3)21-15(19)17-7-6-12(9-17)10-20-11-13(18)14-5-4-8-22-14/h4-5,8,12H,6-7,9-11H2,1-3H3. The van der Waals surface area contributed by atoms with Gasteiger partial charge >= 0.3 is 6.09 Å². The molecule has 1 aliphatic rings. The topological polar surface area (TPSA) is 55.8 Å². The van der Waals surface area contributed by atoms with Crippen LogP contribution in [0.25, 0.3) is 0 Å². The second-order valence-corrected chi connectivity index (χ2v) is 7.44. The van der Waals surface area contributed by atoms with Gasteiger partial charge < -0.3 is 14.4 Å². The van der Waals surface area contributed by atoms with E-state index >= 15 is 0 Å². The molecule has 2 rings (SSSR count). The van der Waals surface area contributed by atoms with Crippen molar-refractivity contribution in [1.29, 1.82) is 0 Å². The lowest BCUT2D eigenvalue weighted by Gasteiger charge is -2.24. The van der Waals surface area contributed by atoms with Crippen LogP contribution in [0.2, 0.25) is 0 Å². The summed E-state index contributed by atoms with van der Waals surface area (Å²) in [7, 11) is 0. The van der Waals surface area contributed by atoms with Gasteiger partial charge in [-0.15, -0.1) is 11.3 Å². The first-order valence-electron chi connectivity index (χ1n) is 7.47. The highest BCUT2D eigenvalue weighted by molar-refractivity contribution is 7.12. The Morgan fingerprint density at radius 2 is 2.18 bits per heavy atom. The van der Waals surface area contributed by atoms with Crippen molar-refractivity contribution in [2.45, 2.75) is 32.8 Å². The van der Waals surface area contributed by atoms with Crippen LogP contribution in [0.1, 0.15) is 36.9 Å². The summed E-state index contributed by atoms with van der Waals surface area (Å²) in [4.78, 5) is 26.2. The first kappa shape index (κ1) is 17.0. The third-order valence-electron chi connectivity index (χ3n) is 3.32. The average molecular weight is 325 g/mol. The molecule has 0 radical (unpaired) electrons. The van der Waals surface area contributed by atoms with Crippen LogP contribution >= 0.6 is 11.3 Å². The second kappa shape index (κ2) is 7.24. The number of nitrogens with zero attached hydrogens (tertiary/aromatic N) is 1. The van der Waals surface area contributed by atoms with E-state index in [4.69, 9.17) is 9.47 Å². The number of Topliss-reactive ketones (excluding diaryl/α,β-unsaturated/α-hetero) is 1. The first-order chi connectivity index (χ1) is 10.3. The molecule has 1 aliphatic heterocycles. The molecule has 1 aromatic heterocycles. The number of ether oxygens (including phenoxy) is 2. The third-order valence-corrected chi connectivity index (χ3v) is 4.23. The van der Waals surface area contributed by atoms with Crippen molar-refractivity contribution in [1.82, 2.24) is 4.90 Å². The predicted octanol–water partition coefficient (Wildman–Crippen LogP) is 3.20. The van der Waals surface area contributed by atoms with E-state index in [0.717, 1.165) is 11.3 Å². The first-order valence-corrected chi connectivity index (χ1v) is 8.35. The van der Waals surface area contributed by atoms with Gasteiger partial charge in [0.15, 0.2) is 5.78 Å². The van der Waals surface area contributed by atoms with Crippen LogP contribution in [0.15, 0.2) is 17.5 Å². The molecule has 1 aromatic rings. The molecule has 5 nitrogen and oxygen atoms in total. The van der Waals surface area contributed by atoms with Crippen molar-refractivity contribution in [3.05, 3.63) is 22.4 Å². The lowest BCUT2D eigenvalue weighted by molar-refractivity contribution is 0.0273. The maximum atomic E-state index is 12.0. The zero-order chi connectivity index (χ0) is 16.2. The molecule has 1 amide bonds. The number of carbonyl (C=O) groups excluding carboxylic acids is 2. The van der Waals surface area contributed by atoms with Crippen LogP contribution in [0.3, 0.4) is 0 Å². The number of likely N-dealkylation sites (tertiary alicyclic amines) is 1. The molecule has 6 heteroatoms. The Balaban J connectivity index is 1.68.